The average molecular weight is 930 g/mol. The van der Waals surface area contributed by atoms with Gasteiger partial charge in [0.05, 0.1) is 0 Å². The van der Waals surface area contributed by atoms with Gasteiger partial charge in [-0.3, -0.25) is 0 Å². The van der Waals surface area contributed by atoms with Gasteiger partial charge in [-0.1, -0.05) is 52.4 Å². The molecular weight excluding hydrogens is 859 g/mol. The Kier molecular flexibility index (Phi) is 23.6. The third kappa shape index (κ3) is 18.7. The van der Waals surface area contributed by atoms with E-state index < -0.39 is 59.5 Å². The zero-order valence-electron chi connectivity index (χ0n) is 36.4. The number of nitrogens with two attached hydrogens (primary N) is 1. The molecule has 0 saturated heterocycles. The molecule has 0 spiro atoms. The fourth-order valence-corrected chi connectivity index (χ4v) is 18.2. The molecule has 0 saturated carbocycles. The quantitative estimate of drug-likeness (QED) is 0.0351. The van der Waals surface area contributed by atoms with Crippen LogP contribution in [0, 0.1) is 0 Å². The van der Waals surface area contributed by atoms with Crippen LogP contribution in [-0.4, -0.2) is 31.4 Å². The molecule has 11 nitrogen and oxygen atoms in total. The zero-order chi connectivity index (χ0) is 43.9. The van der Waals surface area contributed by atoms with Crippen LogP contribution in [0.5, 0.6) is 0 Å². The predicted molar refractivity (Wildman–Crippen MR) is 236 cm³/mol. The van der Waals surface area contributed by atoms with Crippen molar-refractivity contribution in [2.75, 3.05) is 5.73 Å². The summed E-state index contributed by atoms with van der Waals surface area (Å²) < 4.78 is 108. The van der Waals surface area contributed by atoms with Crippen molar-refractivity contribution in [2.24, 2.45) is 0 Å². The van der Waals surface area contributed by atoms with Gasteiger partial charge in [0.25, 0.3) is 0 Å². The summed E-state index contributed by atoms with van der Waals surface area (Å²) >= 11 is -6.55. The van der Waals surface area contributed by atoms with Crippen molar-refractivity contribution in [3.63, 3.8) is 0 Å². The van der Waals surface area contributed by atoms with E-state index in [1.165, 1.54) is 127 Å². The van der Waals surface area contributed by atoms with E-state index in [4.69, 9.17) is 17.3 Å². The summed E-state index contributed by atoms with van der Waals surface area (Å²) in [6.45, 7) is 7.36. The van der Waals surface area contributed by atoms with Gasteiger partial charge < -0.3 is 0 Å². The topological polar surface area (TPSA) is 165 Å². The number of hydrogen-bond acceptors (Lipinski definition) is 11. The average Bonchev–Trinajstić information content (AvgIpc) is 3.18. The van der Waals surface area contributed by atoms with Crippen LogP contribution in [0.3, 0.4) is 0 Å². The van der Waals surface area contributed by atoms with Gasteiger partial charge in [-0.05, 0) is 0 Å². The van der Waals surface area contributed by atoms with E-state index in [1.54, 1.807) is 24.3 Å². The number of hydrogen-bond donors (Lipinski definition) is 1. The minimum atomic E-state index is -6.55. The first-order valence-corrected chi connectivity index (χ1v) is 29.0. The smallest absolute Gasteiger partial charge is 0.0654 e. The van der Waals surface area contributed by atoms with Gasteiger partial charge in [0.1, 0.15) is 0 Å². The molecule has 0 fully saturated rings. The molecule has 0 unspecified atom stereocenters. The summed E-state index contributed by atoms with van der Waals surface area (Å²) in [5.41, 5.74) is 6.93. The Balaban J connectivity index is 1.90. The maximum absolute atomic E-state index is 14.4. The third-order valence-electron chi connectivity index (χ3n) is 10.3. The number of aryl methyl sites for hydroxylation is 2. The summed E-state index contributed by atoms with van der Waals surface area (Å²) in [5.74, 6) is 0. The summed E-state index contributed by atoms with van der Waals surface area (Å²) in [6.07, 6.45) is 22.0. The van der Waals surface area contributed by atoms with Crippen molar-refractivity contribution in [1.82, 2.24) is 0 Å². The Morgan fingerprint density at radius 3 is 1.17 bits per heavy atom. The van der Waals surface area contributed by atoms with Crippen molar-refractivity contribution in [2.45, 2.75) is 190 Å². The molecule has 0 bridgehead atoms. The van der Waals surface area contributed by atoms with Crippen LogP contribution in [-0.2, 0) is 72.9 Å². The van der Waals surface area contributed by atoms with Crippen molar-refractivity contribution in [3.8, 4) is 0 Å². The van der Waals surface area contributed by atoms with E-state index in [0.29, 0.717) is 36.8 Å². The molecule has 0 aromatic heterocycles. The summed E-state index contributed by atoms with van der Waals surface area (Å²) in [5, 5.41) is 0. The Morgan fingerprint density at radius 1 is 0.467 bits per heavy atom. The SMILES string of the molecule is CCCCCCCCCCCCc1ccccc1S(=O)(=O)[O][Ti]([O]C(C)C)([O]S(=O)(=O)c1ccc(N)cc1)[O]S(=O)(=O)c1ccccc1CCCCCCCCCCCC. The second-order valence-electron chi connectivity index (χ2n) is 15.9. The van der Waals surface area contributed by atoms with Crippen molar-refractivity contribution in [3.05, 3.63) is 83.9 Å². The van der Waals surface area contributed by atoms with E-state index in [2.05, 4.69) is 13.8 Å². The fraction of sp³-hybridized carbons (Fsp3) is 0.600. The molecule has 15 heteroatoms. The Morgan fingerprint density at radius 2 is 0.800 bits per heavy atom. The van der Waals surface area contributed by atoms with Gasteiger partial charge in [0.2, 0.25) is 0 Å². The first-order chi connectivity index (χ1) is 28.6. The first-order valence-electron chi connectivity index (χ1n) is 22.2. The molecular formula is C45H71NO10S3Ti. The van der Waals surface area contributed by atoms with Crippen LogP contribution in [0.1, 0.15) is 167 Å². The number of nitrogen functional groups attached to an aromatic ring is 1. The van der Waals surface area contributed by atoms with E-state index in [-0.39, 0.29) is 15.5 Å². The molecule has 0 aliphatic rings. The predicted octanol–water partition coefficient (Wildman–Crippen LogP) is 12.0. The summed E-state index contributed by atoms with van der Waals surface area (Å²) in [7, 11) is -14.9. The molecule has 0 aliphatic carbocycles. The van der Waals surface area contributed by atoms with Crippen molar-refractivity contribution in [1.29, 1.82) is 0 Å². The Labute approximate surface area is 368 Å². The van der Waals surface area contributed by atoms with Gasteiger partial charge in [-0.15, -0.1) is 0 Å². The van der Waals surface area contributed by atoms with Crippen LogP contribution in [0.25, 0.3) is 0 Å². The number of unbranched alkanes of at least 4 members (excludes halogenated alkanes) is 18. The monoisotopic (exact) mass is 929 g/mol. The molecule has 3 aromatic carbocycles. The van der Waals surface area contributed by atoms with Crippen LogP contribution in [0.15, 0.2) is 87.5 Å². The van der Waals surface area contributed by atoms with E-state index in [0.717, 1.165) is 50.7 Å². The van der Waals surface area contributed by atoms with Gasteiger partial charge in [0.15, 0.2) is 0 Å². The second kappa shape index (κ2) is 27.1. The maximum atomic E-state index is 14.4. The van der Waals surface area contributed by atoms with Crippen LogP contribution in [0.4, 0.5) is 5.69 Å². The minimum absolute atomic E-state index is 0.251. The van der Waals surface area contributed by atoms with E-state index >= 15 is 0 Å². The molecule has 0 atom stereocenters. The molecule has 0 radical (unpaired) electrons. The normalized spacial score (nSPS) is 12.7. The number of benzene rings is 3. The molecule has 0 amide bonds. The number of rotatable bonds is 33. The molecule has 0 aliphatic heterocycles. The van der Waals surface area contributed by atoms with E-state index in [9.17, 15) is 25.3 Å². The third-order valence-corrected chi connectivity index (χ3v) is 21.4. The molecule has 3 rings (SSSR count). The van der Waals surface area contributed by atoms with Crippen LogP contribution in [0.2, 0.25) is 0 Å². The minimum Gasteiger partial charge on any atom is -0.0654 e. The van der Waals surface area contributed by atoms with Crippen molar-refractivity contribution < 1.29 is 55.0 Å². The second-order valence-corrected chi connectivity index (χ2v) is 24.8. The van der Waals surface area contributed by atoms with Gasteiger partial charge in [-0.2, -0.15) is 0 Å². The van der Waals surface area contributed by atoms with E-state index in [1.807, 2.05) is 0 Å². The molecule has 60 heavy (non-hydrogen) atoms. The van der Waals surface area contributed by atoms with Crippen molar-refractivity contribution >= 4 is 36.0 Å². The van der Waals surface area contributed by atoms with Gasteiger partial charge >= 0.3 is 318 Å². The van der Waals surface area contributed by atoms with Gasteiger partial charge in [-0.25, -0.2) is 0 Å². The van der Waals surface area contributed by atoms with Crippen LogP contribution < -0.4 is 5.73 Å². The van der Waals surface area contributed by atoms with Crippen LogP contribution >= 0.6 is 0 Å². The molecule has 2 N–H and O–H groups in total. The number of anilines is 1. The molecule has 3 aromatic rings. The standard InChI is InChI=1S/2C18H30O3S.C6H7NO3S.C3H7O.Ti/c2*1-2-3-4-5-6-7-8-9-10-11-14-17-15-12-13-16-18(17)22(19,20)21;7-5-1-3-6(4-2-5)11(8,9)10;1-3(2)4;/h2*12-13,15-16H,2-11,14H2,1H3,(H,19,20,21);1-4H,7H2,(H,8,9,10);3H,1-2H3;/q;;;-1;+4/p-3. The Hall–Kier alpha value is -2.14. The zero-order valence-corrected chi connectivity index (χ0v) is 40.5. The van der Waals surface area contributed by atoms with Gasteiger partial charge in [0, 0.05) is 0 Å². The molecule has 338 valence electrons. The summed E-state index contributed by atoms with van der Waals surface area (Å²) in [6, 6.07) is 17.4. The first kappa shape index (κ1) is 52.2. The Bertz CT molecular complexity index is 1910. The fourth-order valence-electron chi connectivity index (χ4n) is 7.08. The summed E-state index contributed by atoms with van der Waals surface area (Å²) in [4.78, 5) is -0.929. The molecule has 0 heterocycles.